The second kappa shape index (κ2) is 4.45. The van der Waals surface area contributed by atoms with Crippen molar-refractivity contribution < 1.29 is 0 Å². The zero-order valence-electron chi connectivity index (χ0n) is 8.27. The smallest absolute Gasteiger partial charge is 0.137 e. The molecule has 0 atom stereocenters. The van der Waals surface area contributed by atoms with E-state index in [0.717, 1.165) is 30.2 Å². The molecule has 0 amide bonds. The van der Waals surface area contributed by atoms with Crippen molar-refractivity contribution in [2.45, 2.75) is 6.42 Å². The van der Waals surface area contributed by atoms with Crippen molar-refractivity contribution in [3.05, 3.63) is 36.4 Å². The van der Waals surface area contributed by atoms with Gasteiger partial charge in [0.2, 0.25) is 0 Å². The van der Waals surface area contributed by atoms with E-state index in [4.69, 9.17) is 5.73 Å². The van der Waals surface area contributed by atoms with Crippen LogP contribution < -0.4 is 11.1 Å². The Kier molecular flexibility index (Phi) is 2.82. The van der Waals surface area contributed by atoms with E-state index < -0.39 is 0 Å². The van der Waals surface area contributed by atoms with Gasteiger partial charge in [-0.2, -0.15) is 5.10 Å². The summed E-state index contributed by atoms with van der Waals surface area (Å²) in [6, 6.07) is 7.65. The highest BCUT2D eigenvalue weighted by Gasteiger charge is 1.95. The summed E-state index contributed by atoms with van der Waals surface area (Å²) < 4.78 is 0. The van der Waals surface area contributed by atoms with Crippen molar-refractivity contribution in [3.8, 4) is 0 Å². The Morgan fingerprint density at radius 2 is 2.07 bits per heavy atom. The summed E-state index contributed by atoms with van der Waals surface area (Å²) in [6.45, 7) is 0.819. The first-order valence-electron chi connectivity index (χ1n) is 4.78. The quantitative estimate of drug-likeness (QED) is 0.649. The van der Waals surface area contributed by atoms with Gasteiger partial charge in [0, 0.05) is 24.3 Å². The van der Waals surface area contributed by atoms with Crippen LogP contribution in [-0.4, -0.2) is 21.7 Å². The molecule has 2 rings (SSSR count). The van der Waals surface area contributed by atoms with Crippen molar-refractivity contribution in [2.24, 2.45) is 0 Å². The number of nitrogens with one attached hydrogen (secondary N) is 2. The molecular weight excluding hydrogens is 190 g/mol. The molecule has 2 aromatic rings. The van der Waals surface area contributed by atoms with Gasteiger partial charge in [-0.1, -0.05) is 0 Å². The topological polar surface area (TPSA) is 79.6 Å². The van der Waals surface area contributed by atoms with Crippen molar-refractivity contribution in [3.63, 3.8) is 0 Å². The Hall–Kier alpha value is -2.04. The summed E-state index contributed by atoms with van der Waals surface area (Å²) in [5.41, 5.74) is 7.41. The maximum absolute atomic E-state index is 5.58. The minimum Gasteiger partial charge on any atom is -0.399 e. The third kappa shape index (κ3) is 2.70. The minimum atomic E-state index is 0.774. The van der Waals surface area contributed by atoms with E-state index in [1.165, 1.54) is 6.33 Å². The van der Waals surface area contributed by atoms with Crippen LogP contribution in [0.1, 0.15) is 5.82 Å². The van der Waals surface area contributed by atoms with Gasteiger partial charge >= 0.3 is 0 Å². The lowest BCUT2D eigenvalue weighted by atomic mass is 10.3. The molecule has 0 unspecified atom stereocenters. The Morgan fingerprint density at radius 1 is 1.27 bits per heavy atom. The Bertz CT molecular complexity index is 392. The fourth-order valence-corrected chi connectivity index (χ4v) is 1.28. The number of nitrogens with zero attached hydrogens (tertiary/aromatic N) is 2. The molecule has 5 nitrogen and oxygen atoms in total. The molecule has 0 radical (unpaired) electrons. The van der Waals surface area contributed by atoms with E-state index in [1.54, 1.807) is 0 Å². The molecule has 0 aliphatic carbocycles. The normalized spacial score (nSPS) is 10.1. The van der Waals surface area contributed by atoms with Crippen LogP contribution in [0.4, 0.5) is 11.4 Å². The van der Waals surface area contributed by atoms with E-state index in [-0.39, 0.29) is 0 Å². The largest absolute Gasteiger partial charge is 0.399 e. The minimum absolute atomic E-state index is 0.774. The van der Waals surface area contributed by atoms with Gasteiger partial charge in [-0.05, 0) is 24.3 Å². The molecule has 1 aromatic heterocycles. The number of benzene rings is 1. The van der Waals surface area contributed by atoms with Gasteiger partial charge in [0.05, 0.1) is 0 Å². The molecule has 0 spiro atoms. The van der Waals surface area contributed by atoms with Gasteiger partial charge in [0.25, 0.3) is 0 Å². The van der Waals surface area contributed by atoms with E-state index in [1.807, 2.05) is 24.3 Å². The summed E-state index contributed by atoms with van der Waals surface area (Å²) in [5, 5.41) is 9.86. The predicted octanol–water partition coefficient (Wildman–Crippen LogP) is 1.04. The Balaban J connectivity index is 1.81. The lowest BCUT2D eigenvalue weighted by molar-refractivity contribution is 0.901. The number of hydrogen-bond donors (Lipinski definition) is 3. The van der Waals surface area contributed by atoms with Crippen molar-refractivity contribution >= 4 is 11.4 Å². The first-order chi connectivity index (χ1) is 7.34. The summed E-state index contributed by atoms with van der Waals surface area (Å²) in [7, 11) is 0. The fraction of sp³-hybridized carbons (Fsp3) is 0.200. The molecule has 1 heterocycles. The molecule has 1 aromatic carbocycles. The van der Waals surface area contributed by atoms with E-state index in [0.29, 0.717) is 0 Å². The van der Waals surface area contributed by atoms with Crippen LogP contribution in [0.5, 0.6) is 0 Å². The molecule has 78 valence electrons. The Morgan fingerprint density at radius 3 is 2.73 bits per heavy atom. The monoisotopic (exact) mass is 203 g/mol. The summed E-state index contributed by atoms with van der Waals surface area (Å²) in [6.07, 6.45) is 2.34. The second-order valence-electron chi connectivity index (χ2n) is 3.23. The number of hydrogen-bond acceptors (Lipinski definition) is 4. The van der Waals surface area contributed by atoms with Crippen LogP contribution in [0.25, 0.3) is 0 Å². The number of nitrogen functional groups attached to an aromatic ring is 1. The third-order valence-corrected chi connectivity index (χ3v) is 2.07. The maximum atomic E-state index is 5.58. The number of aromatic nitrogens is 3. The maximum Gasteiger partial charge on any atom is 0.137 e. The number of nitrogens with two attached hydrogens (primary N) is 1. The summed E-state index contributed by atoms with van der Waals surface area (Å²) in [5.74, 6) is 0.887. The molecular formula is C10H13N5. The number of anilines is 2. The fourth-order valence-electron chi connectivity index (χ4n) is 1.28. The van der Waals surface area contributed by atoms with Gasteiger partial charge in [-0.25, -0.2) is 4.98 Å². The van der Waals surface area contributed by atoms with Crippen LogP contribution in [0, 0.1) is 0 Å². The average Bonchev–Trinajstić information content (AvgIpc) is 2.74. The first-order valence-corrected chi connectivity index (χ1v) is 4.78. The van der Waals surface area contributed by atoms with E-state index in [2.05, 4.69) is 20.5 Å². The van der Waals surface area contributed by atoms with Crippen LogP contribution in [0.3, 0.4) is 0 Å². The molecule has 0 aliphatic rings. The van der Waals surface area contributed by atoms with Gasteiger partial charge in [0.1, 0.15) is 12.2 Å². The molecule has 0 fully saturated rings. The standard InChI is InChI=1S/C10H13N5/c11-8-1-3-9(4-2-8)12-6-5-10-13-7-14-15-10/h1-4,7,12H,5-6,11H2,(H,13,14,15). The summed E-state index contributed by atoms with van der Waals surface area (Å²) in [4.78, 5) is 4.03. The van der Waals surface area contributed by atoms with Gasteiger partial charge in [-0.3, -0.25) is 5.10 Å². The second-order valence-corrected chi connectivity index (χ2v) is 3.23. The SMILES string of the molecule is Nc1ccc(NCCc2ncn[nH]2)cc1. The molecule has 15 heavy (non-hydrogen) atoms. The van der Waals surface area contributed by atoms with Crippen LogP contribution in [0.15, 0.2) is 30.6 Å². The molecule has 0 aliphatic heterocycles. The number of H-pyrrole nitrogens is 1. The predicted molar refractivity (Wildman–Crippen MR) is 59.4 cm³/mol. The molecule has 5 heteroatoms. The lowest BCUT2D eigenvalue weighted by Gasteiger charge is -2.04. The lowest BCUT2D eigenvalue weighted by Crippen LogP contribution is -2.05. The van der Waals surface area contributed by atoms with Crippen molar-refractivity contribution in [1.82, 2.24) is 15.2 Å². The van der Waals surface area contributed by atoms with Crippen molar-refractivity contribution in [1.29, 1.82) is 0 Å². The van der Waals surface area contributed by atoms with E-state index >= 15 is 0 Å². The molecule has 0 bridgehead atoms. The Labute approximate surface area is 87.7 Å². The number of rotatable bonds is 4. The van der Waals surface area contributed by atoms with Gasteiger partial charge in [0.15, 0.2) is 0 Å². The highest BCUT2D eigenvalue weighted by atomic mass is 15.2. The highest BCUT2D eigenvalue weighted by molar-refractivity contribution is 5.51. The first kappa shape index (κ1) is 9.51. The average molecular weight is 203 g/mol. The zero-order valence-corrected chi connectivity index (χ0v) is 8.27. The van der Waals surface area contributed by atoms with Crippen molar-refractivity contribution in [2.75, 3.05) is 17.6 Å². The van der Waals surface area contributed by atoms with Crippen LogP contribution >= 0.6 is 0 Å². The van der Waals surface area contributed by atoms with Crippen LogP contribution in [0.2, 0.25) is 0 Å². The van der Waals surface area contributed by atoms with Gasteiger partial charge in [-0.15, -0.1) is 0 Å². The highest BCUT2D eigenvalue weighted by Crippen LogP contribution is 2.09. The third-order valence-electron chi connectivity index (χ3n) is 2.07. The zero-order chi connectivity index (χ0) is 10.5. The van der Waals surface area contributed by atoms with E-state index in [9.17, 15) is 0 Å². The van der Waals surface area contributed by atoms with Crippen LogP contribution in [-0.2, 0) is 6.42 Å². The van der Waals surface area contributed by atoms with Gasteiger partial charge < -0.3 is 11.1 Å². The molecule has 4 N–H and O–H groups in total. The molecule has 0 saturated heterocycles. The molecule has 0 saturated carbocycles. The number of aromatic amines is 1. The summed E-state index contributed by atoms with van der Waals surface area (Å²) >= 11 is 0.